The van der Waals surface area contributed by atoms with E-state index in [0.717, 1.165) is 30.6 Å². The van der Waals surface area contributed by atoms with Crippen LogP contribution in [-0.2, 0) is 4.79 Å². The molecule has 0 radical (unpaired) electrons. The molecule has 1 nitrogen and oxygen atoms in total. The van der Waals surface area contributed by atoms with Gasteiger partial charge in [0.25, 0.3) is 0 Å². The van der Waals surface area contributed by atoms with Crippen molar-refractivity contribution >= 4 is 5.78 Å². The molecule has 5 atom stereocenters. The number of ketones is 1. The lowest BCUT2D eigenvalue weighted by Gasteiger charge is -2.57. The Morgan fingerprint density at radius 1 is 1.15 bits per heavy atom. The summed E-state index contributed by atoms with van der Waals surface area (Å²) in [6.45, 7) is 4.97. The number of hydrogen-bond donors (Lipinski definition) is 0. The van der Waals surface area contributed by atoms with Crippen LogP contribution in [0.1, 0.15) is 58.8 Å². The number of allylic oxidation sites excluding steroid dienone is 4. The van der Waals surface area contributed by atoms with E-state index in [0.29, 0.717) is 16.6 Å². The number of carbonyl (C=O) groups is 1. The Hall–Kier alpha value is -0.850. The number of fused-ring (bicyclic) bond motifs is 5. The molecule has 0 N–H and O–H groups in total. The van der Waals surface area contributed by atoms with Gasteiger partial charge in [0.2, 0.25) is 0 Å². The van der Waals surface area contributed by atoms with E-state index >= 15 is 0 Å². The number of rotatable bonds is 0. The molecule has 0 aromatic rings. The molecule has 4 rings (SSSR count). The van der Waals surface area contributed by atoms with Gasteiger partial charge in [-0.25, -0.2) is 0 Å². The van der Waals surface area contributed by atoms with Crippen molar-refractivity contribution in [2.45, 2.75) is 58.8 Å². The fraction of sp³-hybridized carbons (Fsp3) is 0.737. The Morgan fingerprint density at radius 2 is 2.00 bits per heavy atom. The van der Waals surface area contributed by atoms with E-state index in [1.807, 2.05) is 6.08 Å². The fourth-order valence-corrected chi connectivity index (χ4v) is 5.98. The average molecular weight is 270 g/mol. The molecule has 0 bridgehead atoms. The molecule has 108 valence electrons. The predicted octanol–water partition coefficient (Wildman–Crippen LogP) is 4.68. The van der Waals surface area contributed by atoms with Crippen LogP contribution in [0, 0.1) is 28.6 Å². The Balaban J connectivity index is 1.71. The summed E-state index contributed by atoms with van der Waals surface area (Å²) in [5.74, 6) is 2.86. The minimum Gasteiger partial charge on any atom is -0.295 e. The summed E-state index contributed by atoms with van der Waals surface area (Å²) in [5.41, 5.74) is 2.36. The molecule has 4 aliphatic carbocycles. The predicted molar refractivity (Wildman–Crippen MR) is 81.2 cm³/mol. The van der Waals surface area contributed by atoms with Crippen LogP contribution in [0.4, 0.5) is 0 Å². The molecular weight excluding hydrogens is 244 g/mol. The minimum atomic E-state index is 0.328. The van der Waals surface area contributed by atoms with Gasteiger partial charge in [0, 0.05) is 6.42 Å². The molecule has 0 heterocycles. The highest BCUT2D eigenvalue weighted by atomic mass is 16.1. The molecule has 2 fully saturated rings. The van der Waals surface area contributed by atoms with Gasteiger partial charge in [0.1, 0.15) is 0 Å². The zero-order valence-corrected chi connectivity index (χ0v) is 12.8. The highest BCUT2D eigenvalue weighted by Crippen LogP contribution is 2.63. The zero-order valence-electron chi connectivity index (χ0n) is 12.8. The van der Waals surface area contributed by atoms with Gasteiger partial charge >= 0.3 is 0 Å². The van der Waals surface area contributed by atoms with E-state index in [4.69, 9.17) is 0 Å². The summed E-state index contributed by atoms with van der Waals surface area (Å²) in [5, 5.41) is 0. The van der Waals surface area contributed by atoms with Crippen molar-refractivity contribution < 1.29 is 4.79 Å². The molecule has 0 unspecified atom stereocenters. The van der Waals surface area contributed by atoms with E-state index in [1.54, 1.807) is 0 Å². The molecular formula is C19H26O. The first kappa shape index (κ1) is 12.9. The Kier molecular flexibility index (Phi) is 2.63. The van der Waals surface area contributed by atoms with Crippen molar-refractivity contribution in [2.75, 3.05) is 0 Å². The van der Waals surface area contributed by atoms with Gasteiger partial charge < -0.3 is 0 Å². The van der Waals surface area contributed by atoms with Crippen LogP contribution >= 0.6 is 0 Å². The molecule has 1 heteroatoms. The lowest BCUT2D eigenvalue weighted by molar-refractivity contribution is -0.117. The van der Waals surface area contributed by atoms with Crippen LogP contribution in [0.15, 0.2) is 23.8 Å². The Morgan fingerprint density at radius 3 is 2.85 bits per heavy atom. The first-order valence-corrected chi connectivity index (χ1v) is 8.43. The normalized spacial score (nSPS) is 50.2. The standard InChI is InChI=1S/C19H26O/c1-18-9-3-4-16(18)15-6-5-13-12-14(20)7-11-19(13,2)17(15)8-10-18/h3-4,12,15-17H,5-11H2,1-2H3/t15-,16-,17-,18-,19-/m0/s1. The molecule has 20 heavy (non-hydrogen) atoms. The van der Waals surface area contributed by atoms with E-state index in [-0.39, 0.29) is 0 Å². The first-order chi connectivity index (χ1) is 9.53. The summed E-state index contributed by atoms with van der Waals surface area (Å²) in [6, 6.07) is 0. The average Bonchev–Trinajstić information content (AvgIpc) is 2.81. The van der Waals surface area contributed by atoms with E-state index in [2.05, 4.69) is 26.0 Å². The molecule has 4 aliphatic rings. The Labute approximate surface area is 122 Å². The second kappa shape index (κ2) is 4.08. The Bertz CT molecular complexity index is 514. The summed E-state index contributed by atoms with van der Waals surface area (Å²) in [6.07, 6.45) is 15.4. The monoisotopic (exact) mass is 270 g/mol. The maximum atomic E-state index is 11.8. The molecule has 0 spiro atoms. The maximum Gasteiger partial charge on any atom is 0.155 e. The molecule has 0 aromatic heterocycles. The summed E-state index contributed by atoms with van der Waals surface area (Å²) in [7, 11) is 0. The first-order valence-electron chi connectivity index (χ1n) is 8.43. The van der Waals surface area contributed by atoms with Gasteiger partial charge in [0.15, 0.2) is 5.78 Å². The van der Waals surface area contributed by atoms with Gasteiger partial charge in [-0.15, -0.1) is 0 Å². The van der Waals surface area contributed by atoms with Gasteiger partial charge in [-0.05, 0) is 73.2 Å². The third kappa shape index (κ3) is 1.58. The molecule has 0 amide bonds. The van der Waals surface area contributed by atoms with Crippen LogP contribution < -0.4 is 0 Å². The topological polar surface area (TPSA) is 17.1 Å². The molecule has 0 saturated heterocycles. The van der Waals surface area contributed by atoms with Crippen LogP contribution in [0.3, 0.4) is 0 Å². The van der Waals surface area contributed by atoms with E-state index in [1.165, 1.54) is 37.7 Å². The lowest BCUT2D eigenvalue weighted by Crippen LogP contribution is -2.49. The quantitative estimate of drug-likeness (QED) is 0.584. The maximum absolute atomic E-state index is 11.8. The smallest absolute Gasteiger partial charge is 0.155 e. The van der Waals surface area contributed by atoms with Crippen molar-refractivity contribution in [3.8, 4) is 0 Å². The highest BCUT2D eigenvalue weighted by Gasteiger charge is 2.54. The SMILES string of the molecule is C[C@@]12CC=C[C@H]1[C@@H]1CCC3=CC(=O)CC[C@]3(C)[C@H]1CC2. The van der Waals surface area contributed by atoms with Crippen LogP contribution in [0.5, 0.6) is 0 Å². The van der Waals surface area contributed by atoms with E-state index < -0.39 is 0 Å². The lowest BCUT2D eigenvalue weighted by atomic mass is 9.47. The molecule has 2 saturated carbocycles. The van der Waals surface area contributed by atoms with Crippen molar-refractivity contribution in [3.63, 3.8) is 0 Å². The van der Waals surface area contributed by atoms with Gasteiger partial charge in [0.05, 0.1) is 0 Å². The van der Waals surface area contributed by atoms with Crippen LogP contribution in [0.25, 0.3) is 0 Å². The van der Waals surface area contributed by atoms with Gasteiger partial charge in [-0.3, -0.25) is 4.79 Å². The number of hydrogen-bond acceptors (Lipinski definition) is 1. The second-order valence-electron chi connectivity index (χ2n) is 8.21. The largest absolute Gasteiger partial charge is 0.295 e. The van der Waals surface area contributed by atoms with Crippen LogP contribution in [-0.4, -0.2) is 5.78 Å². The van der Waals surface area contributed by atoms with Crippen molar-refractivity contribution in [1.82, 2.24) is 0 Å². The summed E-state index contributed by atoms with van der Waals surface area (Å²) in [4.78, 5) is 11.8. The van der Waals surface area contributed by atoms with Crippen LogP contribution in [0.2, 0.25) is 0 Å². The third-order valence-corrected chi connectivity index (χ3v) is 7.26. The summed E-state index contributed by atoms with van der Waals surface area (Å²) >= 11 is 0. The van der Waals surface area contributed by atoms with Crippen molar-refractivity contribution in [1.29, 1.82) is 0 Å². The summed E-state index contributed by atoms with van der Waals surface area (Å²) < 4.78 is 0. The number of carbonyl (C=O) groups excluding carboxylic acids is 1. The van der Waals surface area contributed by atoms with Gasteiger partial charge in [-0.1, -0.05) is 31.6 Å². The molecule has 0 aromatic carbocycles. The van der Waals surface area contributed by atoms with Crippen molar-refractivity contribution in [2.24, 2.45) is 28.6 Å². The van der Waals surface area contributed by atoms with Gasteiger partial charge in [-0.2, -0.15) is 0 Å². The fourth-order valence-electron chi connectivity index (χ4n) is 5.98. The molecule has 0 aliphatic heterocycles. The minimum absolute atomic E-state index is 0.328. The second-order valence-corrected chi connectivity index (χ2v) is 8.21. The third-order valence-electron chi connectivity index (χ3n) is 7.26. The van der Waals surface area contributed by atoms with Crippen molar-refractivity contribution in [3.05, 3.63) is 23.8 Å². The highest BCUT2D eigenvalue weighted by molar-refractivity contribution is 5.91. The van der Waals surface area contributed by atoms with E-state index in [9.17, 15) is 4.79 Å². The zero-order chi connectivity index (χ0) is 14.0.